The molecule has 2 heterocycles. The predicted molar refractivity (Wildman–Crippen MR) is 125 cm³/mol. The van der Waals surface area contributed by atoms with Crippen LogP contribution < -0.4 is 9.80 Å². The molecule has 1 aliphatic heterocycles. The van der Waals surface area contributed by atoms with Crippen molar-refractivity contribution in [2.75, 3.05) is 36.0 Å². The summed E-state index contributed by atoms with van der Waals surface area (Å²) in [6, 6.07) is 20.7. The van der Waals surface area contributed by atoms with Gasteiger partial charge in [0.2, 0.25) is 5.95 Å². The third-order valence-electron chi connectivity index (χ3n) is 6.10. The van der Waals surface area contributed by atoms with Crippen molar-refractivity contribution in [3.8, 4) is 0 Å². The first kappa shape index (κ1) is 19.5. The van der Waals surface area contributed by atoms with Crippen molar-refractivity contribution < 1.29 is 4.79 Å². The molecule has 1 aromatic heterocycles. The number of fused-ring (bicyclic) bond motifs is 1. The van der Waals surface area contributed by atoms with E-state index in [1.165, 1.54) is 5.69 Å². The summed E-state index contributed by atoms with van der Waals surface area (Å²) in [5, 5.41) is 0. The van der Waals surface area contributed by atoms with Gasteiger partial charge in [0.25, 0.3) is 0 Å². The van der Waals surface area contributed by atoms with Crippen LogP contribution >= 0.6 is 0 Å². The molecule has 0 spiro atoms. The Morgan fingerprint density at radius 1 is 0.839 bits per heavy atom. The van der Waals surface area contributed by atoms with Gasteiger partial charge in [0, 0.05) is 44.5 Å². The zero-order valence-corrected chi connectivity index (χ0v) is 17.5. The number of ketones is 1. The molecule has 0 N–H and O–H groups in total. The third-order valence-corrected chi connectivity index (χ3v) is 6.10. The predicted octanol–water partition coefficient (Wildman–Crippen LogP) is 4.26. The van der Waals surface area contributed by atoms with E-state index in [-0.39, 0.29) is 11.7 Å². The molecule has 1 fully saturated rings. The molecule has 1 saturated heterocycles. The van der Waals surface area contributed by atoms with E-state index in [1.807, 2.05) is 24.3 Å². The average Bonchev–Trinajstić information content (AvgIpc) is 2.84. The van der Waals surface area contributed by atoms with E-state index in [4.69, 9.17) is 4.98 Å². The van der Waals surface area contributed by atoms with Crippen molar-refractivity contribution in [1.82, 2.24) is 9.97 Å². The third kappa shape index (κ3) is 4.36. The van der Waals surface area contributed by atoms with Crippen LogP contribution in [0.3, 0.4) is 0 Å². The number of hydrogen-bond acceptors (Lipinski definition) is 5. The fraction of sp³-hybridized carbons (Fsp3) is 0.269. The second-order valence-electron chi connectivity index (χ2n) is 8.20. The summed E-state index contributed by atoms with van der Waals surface area (Å²) in [7, 11) is 0. The minimum atomic E-state index is 0.143. The number of anilines is 2. The summed E-state index contributed by atoms with van der Waals surface area (Å²) >= 11 is 0. The first-order chi connectivity index (χ1) is 15.3. The van der Waals surface area contributed by atoms with Crippen molar-refractivity contribution in [3.05, 3.63) is 89.8 Å². The van der Waals surface area contributed by atoms with Gasteiger partial charge in [-0.15, -0.1) is 0 Å². The number of allylic oxidation sites excluding steroid dienone is 1. The van der Waals surface area contributed by atoms with Gasteiger partial charge in [-0.25, -0.2) is 9.97 Å². The molecule has 3 aromatic rings. The molecular weight excluding hydrogens is 384 g/mol. The number of carbonyl (C=O) groups excluding carboxylic acids is 1. The number of hydrogen-bond donors (Lipinski definition) is 0. The molecular formula is C26H26N4O. The van der Waals surface area contributed by atoms with Crippen LogP contribution in [0.4, 0.5) is 11.6 Å². The normalized spacial score (nSPS) is 19.0. The van der Waals surface area contributed by atoms with E-state index in [9.17, 15) is 4.79 Å². The molecule has 0 bridgehead atoms. The maximum absolute atomic E-state index is 12.7. The minimum Gasteiger partial charge on any atom is -0.368 e. The first-order valence-electron chi connectivity index (χ1n) is 10.9. The number of aromatic nitrogens is 2. The van der Waals surface area contributed by atoms with Crippen LogP contribution in [0.25, 0.3) is 6.08 Å². The van der Waals surface area contributed by atoms with Gasteiger partial charge < -0.3 is 9.80 Å². The smallest absolute Gasteiger partial charge is 0.225 e. The highest BCUT2D eigenvalue weighted by atomic mass is 16.1. The Bertz CT molecular complexity index is 1070. The molecule has 1 unspecified atom stereocenters. The molecule has 156 valence electrons. The Kier molecular flexibility index (Phi) is 5.48. The minimum absolute atomic E-state index is 0.143. The second-order valence-corrected chi connectivity index (χ2v) is 8.20. The fourth-order valence-corrected chi connectivity index (χ4v) is 4.37. The summed E-state index contributed by atoms with van der Waals surface area (Å²) in [6.07, 6.45) is 7.30. The van der Waals surface area contributed by atoms with Crippen molar-refractivity contribution in [2.24, 2.45) is 5.92 Å². The molecule has 5 nitrogen and oxygen atoms in total. The molecule has 31 heavy (non-hydrogen) atoms. The lowest BCUT2D eigenvalue weighted by Crippen LogP contribution is -2.47. The van der Waals surface area contributed by atoms with E-state index >= 15 is 0 Å². The lowest BCUT2D eigenvalue weighted by Gasteiger charge is -2.36. The molecule has 1 aliphatic carbocycles. The van der Waals surface area contributed by atoms with Gasteiger partial charge in [0.15, 0.2) is 5.78 Å². The highest BCUT2D eigenvalue weighted by Crippen LogP contribution is 2.27. The lowest BCUT2D eigenvalue weighted by atomic mass is 9.86. The molecule has 5 heteroatoms. The van der Waals surface area contributed by atoms with Crippen LogP contribution in [0.5, 0.6) is 0 Å². The van der Waals surface area contributed by atoms with Crippen LogP contribution in [-0.2, 0) is 6.42 Å². The second kappa shape index (κ2) is 8.72. The summed E-state index contributed by atoms with van der Waals surface area (Å²) < 4.78 is 0. The van der Waals surface area contributed by atoms with Gasteiger partial charge in [-0.2, -0.15) is 0 Å². The molecule has 0 radical (unpaired) electrons. The van der Waals surface area contributed by atoms with Crippen molar-refractivity contribution in [2.45, 2.75) is 12.8 Å². The SMILES string of the molecule is O=C1CC(C=Cc2ccccc2)Cc2nc(N3CCN(c4ccccc4)CC3)ncc21. The molecule has 1 atom stereocenters. The molecule has 0 amide bonds. The maximum atomic E-state index is 12.7. The maximum Gasteiger partial charge on any atom is 0.225 e. The molecule has 0 saturated carbocycles. The van der Waals surface area contributed by atoms with E-state index in [0.29, 0.717) is 12.0 Å². The average molecular weight is 411 g/mol. The molecule has 2 aliphatic rings. The number of piperazine rings is 1. The number of Topliss-reactive ketones (excluding diaryl/α,β-unsaturated/α-hetero) is 1. The number of rotatable bonds is 4. The van der Waals surface area contributed by atoms with Gasteiger partial charge >= 0.3 is 0 Å². The number of para-hydroxylation sites is 1. The van der Waals surface area contributed by atoms with Crippen molar-refractivity contribution in [3.63, 3.8) is 0 Å². The summed E-state index contributed by atoms with van der Waals surface area (Å²) in [4.78, 5) is 26.7. The number of carbonyl (C=O) groups is 1. The molecule has 5 rings (SSSR count). The fourth-order valence-electron chi connectivity index (χ4n) is 4.37. The van der Waals surface area contributed by atoms with Gasteiger partial charge in [0.1, 0.15) is 0 Å². The van der Waals surface area contributed by atoms with E-state index in [0.717, 1.165) is 49.8 Å². The number of benzene rings is 2. The molecule has 2 aromatic carbocycles. The Hall–Kier alpha value is -3.47. The van der Waals surface area contributed by atoms with E-state index in [2.05, 4.69) is 63.3 Å². The van der Waals surface area contributed by atoms with Crippen LogP contribution in [0.1, 0.15) is 28.0 Å². The standard InChI is InChI=1S/C26H26N4O/c31-25-18-21(12-11-20-7-3-1-4-8-20)17-24-23(25)19-27-26(28-24)30-15-13-29(14-16-30)22-9-5-2-6-10-22/h1-12,19,21H,13-18H2. The summed E-state index contributed by atoms with van der Waals surface area (Å²) in [5.41, 5.74) is 3.98. The summed E-state index contributed by atoms with van der Waals surface area (Å²) in [6.45, 7) is 3.62. The van der Waals surface area contributed by atoms with Crippen LogP contribution in [-0.4, -0.2) is 41.9 Å². The monoisotopic (exact) mass is 410 g/mol. The Balaban J connectivity index is 1.28. The number of nitrogens with zero attached hydrogens (tertiary/aromatic N) is 4. The van der Waals surface area contributed by atoms with Crippen molar-refractivity contribution >= 4 is 23.5 Å². The van der Waals surface area contributed by atoms with Gasteiger partial charge in [0.05, 0.1) is 11.3 Å². The van der Waals surface area contributed by atoms with Crippen molar-refractivity contribution in [1.29, 1.82) is 0 Å². The quantitative estimate of drug-likeness (QED) is 0.643. The topological polar surface area (TPSA) is 49.3 Å². The zero-order valence-electron chi connectivity index (χ0n) is 17.5. The highest BCUT2D eigenvalue weighted by molar-refractivity contribution is 5.98. The van der Waals surface area contributed by atoms with Gasteiger partial charge in [-0.1, -0.05) is 60.7 Å². The van der Waals surface area contributed by atoms with Gasteiger partial charge in [-0.3, -0.25) is 4.79 Å². The lowest BCUT2D eigenvalue weighted by molar-refractivity contribution is 0.0957. The Labute approximate surface area is 183 Å². The zero-order chi connectivity index (χ0) is 21.0. The van der Waals surface area contributed by atoms with Crippen LogP contribution in [0.2, 0.25) is 0 Å². The van der Waals surface area contributed by atoms with Crippen LogP contribution in [0.15, 0.2) is 72.9 Å². The van der Waals surface area contributed by atoms with E-state index in [1.54, 1.807) is 6.20 Å². The largest absolute Gasteiger partial charge is 0.368 e. The van der Waals surface area contributed by atoms with Gasteiger partial charge in [-0.05, 0) is 30.0 Å². The first-order valence-corrected chi connectivity index (χ1v) is 10.9. The summed E-state index contributed by atoms with van der Waals surface area (Å²) in [5.74, 6) is 1.06. The Morgan fingerprint density at radius 3 is 2.26 bits per heavy atom. The Morgan fingerprint density at radius 2 is 1.52 bits per heavy atom. The van der Waals surface area contributed by atoms with E-state index < -0.39 is 0 Å². The van der Waals surface area contributed by atoms with Crippen LogP contribution in [0, 0.1) is 5.92 Å². The highest BCUT2D eigenvalue weighted by Gasteiger charge is 2.27.